The molecule has 0 aliphatic carbocycles. The highest BCUT2D eigenvalue weighted by molar-refractivity contribution is 9.10. The summed E-state index contributed by atoms with van der Waals surface area (Å²) in [5, 5.41) is 3.61. The number of benzene rings is 1. The van der Waals surface area contributed by atoms with Crippen LogP contribution < -0.4 is 5.32 Å². The fourth-order valence-electron chi connectivity index (χ4n) is 1.35. The normalized spacial score (nSPS) is 14.2. The Morgan fingerprint density at radius 2 is 2.25 bits per heavy atom. The molecule has 0 heterocycles. The van der Waals surface area contributed by atoms with E-state index in [0.29, 0.717) is 5.02 Å². The quantitative estimate of drug-likeness (QED) is 0.845. The van der Waals surface area contributed by atoms with Crippen molar-refractivity contribution >= 4 is 33.4 Å². The van der Waals surface area contributed by atoms with Gasteiger partial charge < -0.3 is 5.32 Å². The van der Waals surface area contributed by atoms with Crippen molar-refractivity contribution in [3.63, 3.8) is 0 Å². The average molecular weight is 305 g/mol. The molecule has 1 amide bonds. The van der Waals surface area contributed by atoms with Crippen LogP contribution in [-0.2, 0) is 4.79 Å². The number of carbonyl (C=O) groups is 1. The van der Waals surface area contributed by atoms with Gasteiger partial charge in [0.2, 0.25) is 5.91 Å². The molecule has 16 heavy (non-hydrogen) atoms. The second kappa shape index (κ2) is 6.26. The van der Waals surface area contributed by atoms with Gasteiger partial charge in [-0.05, 0) is 31.0 Å². The van der Waals surface area contributed by atoms with Crippen molar-refractivity contribution in [2.24, 2.45) is 0 Å². The number of rotatable bonds is 4. The Kier molecular flexibility index (Phi) is 5.29. The Morgan fingerprint density at radius 3 is 2.81 bits per heavy atom. The van der Waals surface area contributed by atoms with Gasteiger partial charge >= 0.3 is 0 Å². The van der Waals surface area contributed by atoms with E-state index in [1.165, 1.54) is 0 Å². The van der Waals surface area contributed by atoms with E-state index in [1.807, 2.05) is 38.1 Å². The van der Waals surface area contributed by atoms with Gasteiger partial charge in [0, 0.05) is 5.02 Å². The second-order valence-corrected chi connectivity index (χ2v) is 5.20. The van der Waals surface area contributed by atoms with Crippen LogP contribution in [0, 0.1) is 0 Å². The molecule has 0 aliphatic rings. The molecule has 1 aromatic rings. The minimum atomic E-state index is -0.130. The molecule has 4 heteroatoms. The maximum Gasteiger partial charge on any atom is 0.234 e. The van der Waals surface area contributed by atoms with E-state index in [9.17, 15) is 4.79 Å². The lowest BCUT2D eigenvalue weighted by atomic mass is 10.1. The minimum absolute atomic E-state index is 0.00924. The lowest BCUT2D eigenvalue weighted by Gasteiger charge is -2.16. The third kappa shape index (κ3) is 3.80. The van der Waals surface area contributed by atoms with E-state index in [-0.39, 0.29) is 16.8 Å². The number of hydrogen-bond acceptors (Lipinski definition) is 1. The van der Waals surface area contributed by atoms with Gasteiger partial charge in [-0.2, -0.15) is 0 Å². The standard InChI is InChI=1S/C12H15BrClNO/c1-3-11(13)12(16)15-8(2)9-5-4-6-10(14)7-9/h4-8,11H,3H2,1-2H3,(H,15,16). The van der Waals surface area contributed by atoms with Crippen LogP contribution in [0.15, 0.2) is 24.3 Å². The van der Waals surface area contributed by atoms with Gasteiger partial charge in [0.1, 0.15) is 0 Å². The predicted molar refractivity (Wildman–Crippen MR) is 71.0 cm³/mol. The summed E-state index contributed by atoms with van der Waals surface area (Å²) in [5.41, 5.74) is 1.01. The van der Waals surface area contributed by atoms with E-state index in [1.54, 1.807) is 0 Å². The second-order valence-electron chi connectivity index (χ2n) is 3.66. The molecular weight excluding hydrogens is 289 g/mol. The molecule has 0 saturated heterocycles. The van der Waals surface area contributed by atoms with Gasteiger partial charge in [-0.25, -0.2) is 0 Å². The first-order valence-electron chi connectivity index (χ1n) is 5.24. The molecule has 2 unspecified atom stereocenters. The zero-order valence-electron chi connectivity index (χ0n) is 9.34. The first-order chi connectivity index (χ1) is 7.54. The maximum absolute atomic E-state index is 11.7. The summed E-state index contributed by atoms with van der Waals surface area (Å²) < 4.78 is 0. The molecule has 88 valence electrons. The van der Waals surface area contributed by atoms with Crippen molar-refractivity contribution in [2.75, 3.05) is 0 Å². The Labute approximate surface area is 110 Å². The van der Waals surface area contributed by atoms with E-state index in [4.69, 9.17) is 11.6 Å². The summed E-state index contributed by atoms with van der Waals surface area (Å²) in [4.78, 5) is 11.5. The van der Waals surface area contributed by atoms with Crippen LogP contribution in [-0.4, -0.2) is 10.7 Å². The number of carbonyl (C=O) groups excluding carboxylic acids is 1. The molecule has 1 aromatic carbocycles. The van der Waals surface area contributed by atoms with Gasteiger partial charge in [0.05, 0.1) is 10.9 Å². The molecule has 0 saturated carbocycles. The summed E-state index contributed by atoms with van der Waals surface area (Å²) >= 11 is 9.21. The Bertz CT molecular complexity index is 370. The van der Waals surface area contributed by atoms with Crippen LogP contribution in [0.25, 0.3) is 0 Å². The van der Waals surface area contributed by atoms with Gasteiger partial charge in [-0.3, -0.25) is 4.79 Å². The van der Waals surface area contributed by atoms with Crippen LogP contribution in [0.3, 0.4) is 0 Å². The van der Waals surface area contributed by atoms with Crippen LogP contribution in [0.2, 0.25) is 5.02 Å². The van der Waals surface area contributed by atoms with Crippen LogP contribution in [0.4, 0.5) is 0 Å². The van der Waals surface area contributed by atoms with E-state index < -0.39 is 0 Å². The average Bonchev–Trinajstić information content (AvgIpc) is 2.27. The molecule has 0 fully saturated rings. The first-order valence-corrected chi connectivity index (χ1v) is 6.54. The van der Waals surface area contributed by atoms with Gasteiger partial charge in [-0.1, -0.05) is 46.6 Å². The monoisotopic (exact) mass is 303 g/mol. The van der Waals surface area contributed by atoms with Crippen molar-refractivity contribution in [3.05, 3.63) is 34.9 Å². The summed E-state index contributed by atoms with van der Waals surface area (Å²) in [5.74, 6) is 0.00924. The number of amides is 1. The Morgan fingerprint density at radius 1 is 1.56 bits per heavy atom. The van der Waals surface area contributed by atoms with Crippen molar-refractivity contribution in [2.45, 2.75) is 31.1 Å². The minimum Gasteiger partial charge on any atom is -0.349 e. The third-order valence-electron chi connectivity index (χ3n) is 2.35. The molecular formula is C12H15BrClNO. The van der Waals surface area contributed by atoms with Crippen molar-refractivity contribution in [1.29, 1.82) is 0 Å². The van der Waals surface area contributed by atoms with Crippen LogP contribution >= 0.6 is 27.5 Å². The SMILES string of the molecule is CCC(Br)C(=O)NC(C)c1cccc(Cl)c1. The summed E-state index contributed by atoms with van der Waals surface area (Å²) in [7, 11) is 0. The number of alkyl halides is 1. The summed E-state index contributed by atoms with van der Waals surface area (Å²) in [6.07, 6.45) is 0.772. The molecule has 0 spiro atoms. The topological polar surface area (TPSA) is 29.1 Å². The van der Waals surface area contributed by atoms with E-state index in [0.717, 1.165) is 12.0 Å². The molecule has 0 radical (unpaired) electrons. The highest BCUT2D eigenvalue weighted by Crippen LogP contribution is 2.18. The van der Waals surface area contributed by atoms with Gasteiger partial charge in [0.15, 0.2) is 0 Å². The highest BCUT2D eigenvalue weighted by Gasteiger charge is 2.15. The molecule has 1 rings (SSSR count). The Hall–Kier alpha value is -0.540. The number of hydrogen-bond donors (Lipinski definition) is 1. The van der Waals surface area contributed by atoms with Crippen molar-refractivity contribution in [3.8, 4) is 0 Å². The number of halogens is 2. The zero-order chi connectivity index (χ0) is 12.1. The Balaban J connectivity index is 2.65. The summed E-state index contributed by atoms with van der Waals surface area (Å²) in [6, 6.07) is 7.48. The van der Waals surface area contributed by atoms with E-state index in [2.05, 4.69) is 21.2 Å². The third-order valence-corrected chi connectivity index (χ3v) is 3.65. The van der Waals surface area contributed by atoms with Crippen molar-refractivity contribution in [1.82, 2.24) is 5.32 Å². The highest BCUT2D eigenvalue weighted by atomic mass is 79.9. The number of nitrogens with one attached hydrogen (secondary N) is 1. The van der Waals surface area contributed by atoms with Crippen LogP contribution in [0.5, 0.6) is 0 Å². The van der Waals surface area contributed by atoms with Crippen LogP contribution in [0.1, 0.15) is 31.9 Å². The molecule has 0 aliphatic heterocycles. The van der Waals surface area contributed by atoms with E-state index >= 15 is 0 Å². The zero-order valence-corrected chi connectivity index (χ0v) is 11.7. The van der Waals surface area contributed by atoms with Gasteiger partial charge in [-0.15, -0.1) is 0 Å². The van der Waals surface area contributed by atoms with Gasteiger partial charge in [0.25, 0.3) is 0 Å². The first kappa shape index (κ1) is 13.5. The molecule has 2 atom stereocenters. The lowest BCUT2D eigenvalue weighted by Crippen LogP contribution is -2.32. The molecule has 0 aromatic heterocycles. The van der Waals surface area contributed by atoms with Crippen molar-refractivity contribution < 1.29 is 4.79 Å². The maximum atomic E-state index is 11.7. The molecule has 2 nitrogen and oxygen atoms in total. The molecule has 0 bridgehead atoms. The molecule has 1 N–H and O–H groups in total. The fourth-order valence-corrected chi connectivity index (χ4v) is 1.68. The predicted octanol–water partition coefficient (Wildman–Crippen LogP) is 3.69. The fraction of sp³-hybridized carbons (Fsp3) is 0.417. The largest absolute Gasteiger partial charge is 0.349 e. The summed E-state index contributed by atoms with van der Waals surface area (Å²) in [6.45, 7) is 3.90. The smallest absolute Gasteiger partial charge is 0.234 e. The lowest BCUT2D eigenvalue weighted by molar-refractivity contribution is -0.121.